The second kappa shape index (κ2) is 5.67. The Morgan fingerprint density at radius 3 is 2.68 bits per heavy atom. The topological polar surface area (TPSA) is 12.0 Å². The maximum atomic E-state index is 3.48. The Bertz CT molecular complexity index is 543. The molecule has 2 unspecified atom stereocenters. The van der Waals surface area contributed by atoms with Crippen molar-refractivity contribution in [3.63, 3.8) is 0 Å². The summed E-state index contributed by atoms with van der Waals surface area (Å²) in [6.07, 6.45) is 6.76. The van der Waals surface area contributed by atoms with Crippen LogP contribution in [0.2, 0.25) is 0 Å². The van der Waals surface area contributed by atoms with Crippen LogP contribution in [0.25, 0.3) is 0 Å². The van der Waals surface area contributed by atoms with E-state index in [4.69, 9.17) is 0 Å². The van der Waals surface area contributed by atoms with Crippen molar-refractivity contribution in [2.45, 2.75) is 71.1 Å². The Kier molecular flexibility index (Phi) is 4.14. The van der Waals surface area contributed by atoms with Gasteiger partial charge in [0.25, 0.3) is 0 Å². The van der Waals surface area contributed by atoms with Crippen molar-refractivity contribution in [3.8, 4) is 0 Å². The molecule has 1 saturated carbocycles. The standard InChI is InChI=1S/C21H33N/c1-15(2)16-7-9-18-17(13-16)8-10-19-20(3,14-22-5)11-6-12-21(18,19)4/h7,9,13,15,19,22H,6,8,10-12,14H2,1-5H3/t19?,20-,21?/m0/s1. The highest BCUT2D eigenvalue weighted by atomic mass is 14.8. The fourth-order valence-electron chi connectivity index (χ4n) is 5.62. The SMILES string of the molecule is CNC[C@]1(C)CCCC2(C)c3ccc(C(C)C)cc3CCC21. The molecule has 3 atom stereocenters. The minimum Gasteiger partial charge on any atom is -0.319 e. The molecule has 1 N–H and O–H groups in total. The monoisotopic (exact) mass is 299 g/mol. The summed E-state index contributed by atoms with van der Waals surface area (Å²) < 4.78 is 0. The third-order valence-corrected chi connectivity index (χ3v) is 6.75. The molecule has 2 aliphatic carbocycles. The van der Waals surface area contributed by atoms with Gasteiger partial charge in [-0.2, -0.15) is 0 Å². The molecule has 3 rings (SSSR count). The molecule has 2 aliphatic rings. The highest BCUT2D eigenvalue weighted by Gasteiger charge is 2.51. The van der Waals surface area contributed by atoms with Crippen LogP contribution in [-0.4, -0.2) is 13.6 Å². The molecule has 0 aliphatic heterocycles. The smallest absolute Gasteiger partial charge is 0.000513 e. The van der Waals surface area contributed by atoms with Crippen molar-refractivity contribution < 1.29 is 0 Å². The Morgan fingerprint density at radius 2 is 2.00 bits per heavy atom. The predicted molar refractivity (Wildman–Crippen MR) is 95.6 cm³/mol. The molecule has 1 fully saturated rings. The lowest BCUT2D eigenvalue weighted by Gasteiger charge is -2.55. The number of nitrogens with one attached hydrogen (secondary N) is 1. The van der Waals surface area contributed by atoms with Crippen LogP contribution in [0.4, 0.5) is 0 Å². The Labute approximate surface area is 136 Å². The van der Waals surface area contributed by atoms with Crippen molar-refractivity contribution in [1.82, 2.24) is 5.32 Å². The van der Waals surface area contributed by atoms with Crippen molar-refractivity contribution in [3.05, 3.63) is 34.9 Å². The molecule has 0 radical (unpaired) electrons. The van der Waals surface area contributed by atoms with Crippen molar-refractivity contribution >= 4 is 0 Å². The number of hydrogen-bond acceptors (Lipinski definition) is 1. The summed E-state index contributed by atoms with van der Waals surface area (Å²) in [6.45, 7) is 10.9. The van der Waals surface area contributed by atoms with E-state index in [0.717, 1.165) is 12.5 Å². The average molecular weight is 300 g/mol. The number of fused-ring (bicyclic) bond motifs is 3. The Morgan fingerprint density at radius 1 is 1.23 bits per heavy atom. The van der Waals surface area contributed by atoms with Crippen molar-refractivity contribution in [1.29, 1.82) is 0 Å². The summed E-state index contributed by atoms with van der Waals surface area (Å²) in [6, 6.07) is 7.37. The second-order valence-electron chi connectivity index (χ2n) is 8.62. The summed E-state index contributed by atoms with van der Waals surface area (Å²) in [5.41, 5.74) is 5.65. The molecule has 0 saturated heterocycles. The molecule has 122 valence electrons. The van der Waals surface area contributed by atoms with Gasteiger partial charge in [-0.05, 0) is 72.1 Å². The van der Waals surface area contributed by atoms with Gasteiger partial charge in [-0.3, -0.25) is 0 Å². The van der Waals surface area contributed by atoms with Crippen LogP contribution in [0, 0.1) is 11.3 Å². The number of aryl methyl sites for hydroxylation is 1. The lowest BCUT2D eigenvalue weighted by atomic mass is 9.49. The van der Waals surface area contributed by atoms with Gasteiger partial charge in [-0.1, -0.05) is 52.3 Å². The fourth-order valence-corrected chi connectivity index (χ4v) is 5.62. The first-order valence-electron chi connectivity index (χ1n) is 9.18. The van der Waals surface area contributed by atoms with Crippen molar-refractivity contribution in [2.24, 2.45) is 11.3 Å². The molecular weight excluding hydrogens is 266 g/mol. The quantitative estimate of drug-likeness (QED) is 0.824. The molecule has 1 nitrogen and oxygen atoms in total. The van der Waals surface area contributed by atoms with Crippen LogP contribution in [0.5, 0.6) is 0 Å². The molecule has 0 amide bonds. The molecule has 1 aromatic rings. The molecule has 1 heteroatoms. The van der Waals surface area contributed by atoms with Gasteiger partial charge in [0, 0.05) is 6.54 Å². The summed E-state index contributed by atoms with van der Waals surface area (Å²) in [7, 11) is 2.11. The molecule has 0 aromatic heterocycles. The van der Waals surface area contributed by atoms with Gasteiger partial charge in [0.2, 0.25) is 0 Å². The van der Waals surface area contributed by atoms with Gasteiger partial charge < -0.3 is 5.32 Å². The van der Waals surface area contributed by atoms with Gasteiger partial charge in [-0.15, -0.1) is 0 Å². The molecule has 0 bridgehead atoms. The number of rotatable bonds is 3. The first-order chi connectivity index (χ1) is 10.4. The van der Waals surface area contributed by atoms with E-state index in [1.165, 1.54) is 37.7 Å². The highest BCUT2D eigenvalue weighted by Crippen LogP contribution is 2.57. The van der Waals surface area contributed by atoms with Crippen molar-refractivity contribution in [2.75, 3.05) is 13.6 Å². The van der Waals surface area contributed by atoms with E-state index >= 15 is 0 Å². The maximum absolute atomic E-state index is 3.48. The van der Waals surface area contributed by atoms with E-state index in [2.05, 4.69) is 58.3 Å². The zero-order valence-electron chi connectivity index (χ0n) is 15.1. The largest absolute Gasteiger partial charge is 0.319 e. The highest BCUT2D eigenvalue weighted by molar-refractivity contribution is 5.42. The molecule has 0 spiro atoms. The normalized spacial score (nSPS) is 34.4. The van der Waals surface area contributed by atoms with Gasteiger partial charge in [0.15, 0.2) is 0 Å². The van der Waals surface area contributed by atoms with Crippen LogP contribution < -0.4 is 5.32 Å². The minimum absolute atomic E-state index is 0.382. The maximum Gasteiger partial charge on any atom is 0.000513 e. The van der Waals surface area contributed by atoms with Gasteiger partial charge >= 0.3 is 0 Å². The van der Waals surface area contributed by atoms with Crippen LogP contribution in [0.3, 0.4) is 0 Å². The van der Waals surface area contributed by atoms with Gasteiger partial charge in [0.05, 0.1) is 0 Å². The first-order valence-corrected chi connectivity index (χ1v) is 9.18. The molecule has 0 heterocycles. The van der Waals surface area contributed by atoms with Gasteiger partial charge in [-0.25, -0.2) is 0 Å². The van der Waals surface area contributed by atoms with Crippen LogP contribution in [0.1, 0.15) is 76.0 Å². The first kappa shape index (κ1) is 16.1. The van der Waals surface area contributed by atoms with E-state index < -0.39 is 0 Å². The van der Waals surface area contributed by atoms with Crippen LogP contribution >= 0.6 is 0 Å². The third kappa shape index (κ3) is 2.42. The average Bonchev–Trinajstić information content (AvgIpc) is 2.46. The minimum atomic E-state index is 0.382. The summed E-state index contributed by atoms with van der Waals surface area (Å²) in [5.74, 6) is 1.45. The second-order valence-corrected chi connectivity index (χ2v) is 8.62. The lowest BCUT2D eigenvalue weighted by molar-refractivity contribution is 0.0273. The van der Waals surface area contributed by atoms with E-state index in [-0.39, 0.29) is 0 Å². The molecule has 1 aromatic carbocycles. The molecular formula is C21H33N. The third-order valence-electron chi connectivity index (χ3n) is 6.75. The Balaban J connectivity index is 2.02. The predicted octanol–water partition coefficient (Wildman–Crippen LogP) is 5.04. The van der Waals surface area contributed by atoms with E-state index in [1.807, 2.05) is 0 Å². The van der Waals surface area contributed by atoms with Gasteiger partial charge in [0.1, 0.15) is 0 Å². The number of benzene rings is 1. The van der Waals surface area contributed by atoms with E-state index in [9.17, 15) is 0 Å². The lowest BCUT2D eigenvalue weighted by Crippen LogP contribution is -2.52. The Hall–Kier alpha value is -0.820. The van der Waals surface area contributed by atoms with E-state index in [1.54, 1.807) is 11.1 Å². The van der Waals surface area contributed by atoms with Crippen LogP contribution in [-0.2, 0) is 11.8 Å². The molecule has 22 heavy (non-hydrogen) atoms. The summed E-state index contributed by atoms with van der Waals surface area (Å²) >= 11 is 0. The van der Waals surface area contributed by atoms with E-state index in [0.29, 0.717) is 16.7 Å². The number of hydrogen-bond donors (Lipinski definition) is 1. The zero-order valence-corrected chi connectivity index (χ0v) is 15.1. The summed E-state index contributed by atoms with van der Waals surface area (Å²) in [4.78, 5) is 0. The zero-order chi connectivity index (χ0) is 16.0. The summed E-state index contributed by atoms with van der Waals surface area (Å²) in [5, 5.41) is 3.48. The van der Waals surface area contributed by atoms with Crippen LogP contribution in [0.15, 0.2) is 18.2 Å². The fraction of sp³-hybridized carbons (Fsp3) is 0.714.